The number of rotatable bonds is 3. The molecule has 5 nitrogen and oxygen atoms in total. The van der Waals surface area contributed by atoms with Crippen molar-refractivity contribution in [1.29, 1.82) is 0 Å². The van der Waals surface area contributed by atoms with Crippen LogP contribution in [0, 0.1) is 0 Å². The molecule has 3 heterocycles. The van der Waals surface area contributed by atoms with Gasteiger partial charge in [-0.3, -0.25) is 0 Å². The highest BCUT2D eigenvalue weighted by molar-refractivity contribution is 7.98. The van der Waals surface area contributed by atoms with E-state index < -0.39 is 0 Å². The normalized spacial score (nSPS) is 11.1. The number of aromatic nitrogens is 5. The predicted molar refractivity (Wildman–Crippen MR) is 68.4 cm³/mol. The zero-order valence-corrected chi connectivity index (χ0v) is 10.8. The van der Waals surface area contributed by atoms with Crippen molar-refractivity contribution in [2.45, 2.75) is 10.8 Å². The van der Waals surface area contributed by atoms with Crippen molar-refractivity contribution in [3.8, 4) is 0 Å². The number of H-pyrrole nitrogens is 1. The van der Waals surface area contributed by atoms with Crippen LogP contribution in [-0.2, 0) is 5.75 Å². The Morgan fingerprint density at radius 3 is 3.06 bits per heavy atom. The second-order valence-electron chi connectivity index (χ2n) is 3.15. The second kappa shape index (κ2) is 4.59. The van der Waals surface area contributed by atoms with Gasteiger partial charge in [0.15, 0.2) is 10.1 Å². The third kappa shape index (κ3) is 2.26. The van der Waals surface area contributed by atoms with E-state index in [1.165, 1.54) is 17.7 Å². The van der Waals surface area contributed by atoms with Gasteiger partial charge in [0.2, 0.25) is 0 Å². The summed E-state index contributed by atoms with van der Waals surface area (Å²) in [6, 6.07) is 0. The maximum absolute atomic E-state index is 5.78. The fourth-order valence-electron chi connectivity index (χ4n) is 1.34. The zero-order chi connectivity index (χ0) is 11.7. The van der Waals surface area contributed by atoms with Crippen LogP contribution in [0.1, 0.15) is 4.88 Å². The van der Waals surface area contributed by atoms with Crippen molar-refractivity contribution in [3.63, 3.8) is 0 Å². The highest BCUT2D eigenvalue weighted by atomic mass is 35.5. The average Bonchev–Trinajstić information content (AvgIpc) is 2.94. The fraction of sp³-hybridized carbons (Fsp3) is 0.111. The topological polar surface area (TPSA) is 67.3 Å². The molecule has 17 heavy (non-hydrogen) atoms. The molecule has 0 aliphatic rings. The number of imidazole rings is 1. The molecule has 0 bridgehead atoms. The Hall–Kier alpha value is -1.18. The van der Waals surface area contributed by atoms with Gasteiger partial charge >= 0.3 is 0 Å². The lowest BCUT2D eigenvalue weighted by Crippen LogP contribution is -1.86. The molecule has 0 atom stereocenters. The minimum Gasteiger partial charge on any atom is -0.341 e. The molecule has 0 aliphatic heterocycles. The number of thiazole rings is 1. The number of fused-ring (bicyclic) bond motifs is 1. The van der Waals surface area contributed by atoms with Crippen LogP contribution >= 0.6 is 34.7 Å². The van der Waals surface area contributed by atoms with Crippen LogP contribution in [0.25, 0.3) is 11.2 Å². The van der Waals surface area contributed by atoms with Gasteiger partial charge in [-0.05, 0) is 0 Å². The molecule has 0 aromatic carbocycles. The van der Waals surface area contributed by atoms with Crippen molar-refractivity contribution in [3.05, 3.63) is 28.2 Å². The Bertz CT molecular complexity index is 649. The summed E-state index contributed by atoms with van der Waals surface area (Å²) in [5.41, 5.74) is 1.55. The Morgan fingerprint density at radius 1 is 1.29 bits per heavy atom. The molecule has 0 unspecified atom stereocenters. The van der Waals surface area contributed by atoms with E-state index in [9.17, 15) is 0 Å². The summed E-state index contributed by atoms with van der Waals surface area (Å²) in [5, 5.41) is 0.886. The molecule has 3 aromatic heterocycles. The molecular weight excluding hydrogens is 278 g/mol. The molecule has 0 spiro atoms. The predicted octanol–water partition coefficient (Wildman–Crippen LogP) is 2.76. The first-order valence-electron chi connectivity index (χ1n) is 4.70. The SMILES string of the molecule is Clc1ncc(CSc2ncnc3nc[nH]c23)s1. The lowest BCUT2D eigenvalue weighted by atomic mass is 10.6. The molecule has 3 aromatic rings. The van der Waals surface area contributed by atoms with Crippen LogP contribution < -0.4 is 0 Å². The third-order valence-corrected chi connectivity index (χ3v) is 4.40. The highest BCUT2D eigenvalue weighted by Gasteiger charge is 2.07. The molecule has 8 heteroatoms. The van der Waals surface area contributed by atoms with Gasteiger partial charge in [0.05, 0.1) is 6.33 Å². The first-order valence-corrected chi connectivity index (χ1v) is 6.88. The van der Waals surface area contributed by atoms with Crippen LogP contribution in [0.5, 0.6) is 0 Å². The van der Waals surface area contributed by atoms with Gasteiger partial charge < -0.3 is 4.98 Å². The first kappa shape index (κ1) is 10.9. The number of aromatic amines is 1. The lowest BCUT2D eigenvalue weighted by molar-refractivity contribution is 1.08. The zero-order valence-electron chi connectivity index (χ0n) is 8.42. The van der Waals surface area contributed by atoms with E-state index >= 15 is 0 Å². The monoisotopic (exact) mass is 283 g/mol. The number of hydrogen-bond donors (Lipinski definition) is 1. The van der Waals surface area contributed by atoms with Gasteiger partial charge in [-0.1, -0.05) is 23.4 Å². The Balaban J connectivity index is 1.83. The number of nitrogens with one attached hydrogen (secondary N) is 1. The molecule has 0 radical (unpaired) electrons. The summed E-state index contributed by atoms with van der Waals surface area (Å²) in [7, 11) is 0. The minimum absolute atomic E-state index is 0.565. The molecule has 0 aliphatic carbocycles. The van der Waals surface area contributed by atoms with Gasteiger partial charge in [0, 0.05) is 16.8 Å². The number of thioether (sulfide) groups is 1. The van der Waals surface area contributed by atoms with Gasteiger partial charge in [0.1, 0.15) is 16.9 Å². The van der Waals surface area contributed by atoms with Crippen molar-refractivity contribution < 1.29 is 0 Å². The summed E-state index contributed by atoms with van der Waals surface area (Å²) < 4.78 is 0.565. The van der Waals surface area contributed by atoms with Crippen molar-refractivity contribution in [2.75, 3.05) is 0 Å². The molecule has 0 fully saturated rings. The number of hydrogen-bond acceptors (Lipinski definition) is 6. The Morgan fingerprint density at radius 2 is 2.24 bits per heavy atom. The van der Waals surface area contributed by atoms with Crippen LogP contribution in [0.3, 0.4) is 0 Å². The highest BCUT2D eigenvalue weighted by Crippen LogP contribution is 2.28. The number of halogens is 1. The van der Waals surface area contributed by atoms with Gasteiger partial charge in [-0.25, -0.2) is 19.9 Å². The van der Waals surface area contributed by atoms with Crippen molar-refractivity contribution in [1.82, 2.24) is 24.9 Å². The fourth-order valence-corrected chi connectivity index (χ4v) is 3.30. The van der Waals surface area contributed by atoms with Crippen molar-refractivity contribution >= 4 is 45.9 Å². The minimum atomic E-state index is 0.565. The van der Waals surface area contributed by atoms with Crippen LogP contribution in [0.2, 0.25) is 4.47 Å². The van der Waals surface area contributed by atoms with E-state index in [1.54, 1.807) is 24.3 Å². The molecule has 86 valence electrons. The maximum atomic E-state index is 5.78. The lowest BCUT2D eigenvalue weighted by Gasteiger charge is -1.98. The second-order valence-corrected chi connectivity index (χ2v) is 5.81. The third-order valence-electron chi connectivity index (χ3n) is 2.06. The van der Waals surface area contributed by atoms with Crippen LogP contribution in [0.15, 0.2) is 23.9 Å². The van der Waals surface area contributed by atoms with Crippen LogP contribution in [-0.4, -0.2) is 24.9 Å². The number of nitrogens with zero attached hydrogens (tertiary/aromatic N) is 4. The summed E-state index contributed by atoms with van der Waals surface area (Å²) in [5.74, 6) is 0.787. The molecular formula is C9H6ClN5S2. The van der Waals surface area contributed by atoms with Crippen LogP contribution in [0.4, 0.5) is 0 Å². The summed E-state index contributed by atoms with van der Waals surface area (Å²) in [4.78, 5) is 20.5. The average molecular weight is 284 g/mol. The summed E-state index contributed by atoms with van der Waals surface area (Å²) >= 11 is 8.87. The summed E-state index contributed by atoms with van der Waals surface area (Å²) in [6.07, 6.45) is 4.92. The molecule has 0 saturated carbocycles. The molecule has 1 N–H and O–H groups in total. The Labute approximate surface area is 110 Å². The molecule has 3 rings (SSSR count). The maximum Gasteiger partial charge on any atom is 0.183 e. The Kier molecular flexibility index (Phi) is 2.96. The van der Waals surface area contributed by atoms with Gasteiger partial charge in [-0.15, -0.1) is 11.3 Å². The van der Waals surface area contributed by atoms with E-state index in [0.717, 1.165) is 21.2 Å². The van der Waals surface area contributed by atoms with E-state index in [0.29, 0.717) is 10.1 Å². The van der Waals surface area contributed by atoms with Gasteiger partial charge in [0.25, 0.3) is 0 Å². The van der Waals surface area contributed by atoms with E-state index in [1.807, 2.05) is 0 Å². The smallest absolute Gasteiger partial charge is 0.183 e. The largest absolute Gasteiger partial charge is 0.341 e. The standard InChI is InChI=1S/C9H6ClN5S2/c10-9-11-1-5(17-9)2-16-8-6-7(13-3-12-6)14-4-15-8/h1,3-4H,2H2,(H,12,13,14,15). The first-order chi connectivity index (χ1) is 8.33. The van der Waals surface area contributed by atoms with Gasteiger partial charge in [-0.2, -0.15) is 0 Å². The van der Waals surface area contributed by atoms with E-state index in [-0.39, 0.29) is 0 Å². The van der Waals surface area contributed by atoms with E-state index in [2.05, 4.69) is 24.9 Å². The quantitative estimate of drug-likeness (QED) is 0.591. The van der Waals surface area contributed by atoms with E-state index in [4.69, 9.17) is 11.6 Å². The summed E-state index contributed by atoms with van der Waals surface area (Å²) in [6.45, 7) is 0. The molecule has 0 amide bonds. The molecule has 0 saturated heterocycles. The van der Waals surface area contributed by atoms with Crippen molar-refractivity contribution in [2.24, 2.45) is 0 Å².